The Labute approximate surface area is 189 Å². The summed E-state index contributed by atoms with van der Waals surface area (Å²) in [6.45, 7) is 17.7. The summed E-state index contributed by atoms with van der Waals surface area (Å²) in [6, 6.07) is 3.68. The van der Waals surface area contributed by atoms with Crippen LogP contribution in [0.4, 0.5) is 0 Å². The van der Waals surface area contributed by atoms with Crippen LogP contribution in [0.15, 0.2) is 28.5 Å². The minimum Gasteiger partial charge on any atom is -0.507 e. The average Bonchev–Trinajstić information content (AvgIpc) is 2.99. The van der Waals surface area contributed by atoms with Gasteiger partial charge in [-0.25, -0.2) is 0 Å². The third kappa shape index (κ3) is 5.65. The molecule has 1 aromatic carbocycles. The van der Waals surface area contributed by atoms with Crippen LogP contribution in [0.5, 0.6) is 5.75 Å². The van der Waals surface area contributed by atoms with Crippen LogP contribution in [0.1, 0.15) is 83.3 Å². The van der Waals surface area contributed by atoms with Crippen molar-refractivity contribution in [2.45, 2.75) is 85.7 Å². The van der Waals surface area contributed by atoms with Gasteiger partial charge in [-0.1, -0.05) is 55.4 Å². The fourth-order valence-electron chi connectivity index (χ4n) is 3.44. The zero-order chi connectivity index (χ0) is 22.9. The fraction of sp³-hybridized carbons (Fsp3) is 0.583. The van der Waals surface area contributed by atoms with Crippen LogP contribution in [-0.4, -0.2) is 20.0 Å². The maximum atomic E-state index is 13.3. The van der Waals surface area contributed by atoms with Crippen molar-refractivity contribution in [2.24, 2.45) is 9.94 Å². The summed E-state index contributed by atoms with van der Waals surface area (Å²) in [7, 11) is 0. The lowest BCUT2D eigenvalue weighted by Crippen LogP contribution is -2.28. The fourth-order valence-corrected chi connectivity index (χ4v) is 3.84. The van der Waals surface area contributed by atoms with Gasteiger partial charge < -0.3 is 14.2 Å². The van der Waals surface area contributed by atoms with Crippen LogP contribution in [0.3, 0.4) is 0 Å². The number of phenolic OH excluding ortho intramolecular Hbond substituents is 1. The molecule has 0 aliphatic carbocycles. The zero-order valence-corrected chi connectivity index (χ0v) is 21.2. The van der Waals surface area contributed by atoms with Gasteiger partial charge in [0, 0.05) is 35.6 Å². The van der Waals surface area contributed by atoms with Crippen LogP contribution in [0.25, 0.3) is 0 Å². The number of benzene rings is 1. The van der Waals surface area contributed by atoms with Crippen LogP contribution in [0, 0.1) is 5.92 Å². The van der Waals surface area contributed by atoms with E-state index in [4.69, 9.17) is 0 Å². The number of halogens is 1. The topological polar surface area (TPSA) is 59.5 Å². The highest BCUT2D eigenvalue weighted by molar-refractivity contribution is 9.08. The highest BCUT2D eigenvalue weighted by Gasteiger charge is 2.27. The maximum Gasteiger partial charge on any atom is 0.217 e. The predicted octanol–water partition coefficient (Wildman–Crippen LogP) is 5.73. The molecule has 1 aromatic heterocycles. The van der Waals surface area contributed by atoms with Gasteiger partial charge in [-0.05, 0) is 35.3 Å². The molecule has 0 unspecified atom stereocenters. The van der Waals surface area contributed by atoms with Crippen molar-refractivity contribution < 1.29 is 9.90 Å². The highest BCUT2D eigenvalue weighted by atomic mass is 79.9. The van der Waals surface area contributed by atoms with E-state index in [9.17, 15) is 9.90 Å². The molecule has 0 fully saturated rings. The second-order valence-electron chi connectivity index (χ2n) is 10.5. The Morgan fingerprint density at radius 3 is 1.97 bits per heavy atom. The first-order chi connectivity index (χ1) is 13.8. The second kappa shape index (κ2) is 9.13. The first-order valence-corrected chi connectivity index (χ1v) is 11.3. The molecular formula is C24H36BrN3O2. The summed E-state index contributed by atoms with van der Waals surface area (Å²) in [4.78, 5) is 13.3. The van der Waals surface area contributed by atoms with E-state index in [1.807, 2.05) is 70.6 Å². The number of nitrogens with zero attached hydrogens (tertiary/aromatic N) is 3. The predicted molar refractivity (Wildman–Crippen MR) is 126 cm³/mol. The van der Waals surface area contributed by atoms with Crippen LogP contribution < -0.4 is 5.62 Å². The molecule has 30 heavy (non-hydrogen) atoms. The first kappa shape index (κ1) is 24.4. The molecule has 6 heteroatoms. The van der Waals surface area contributed by atoms with E-state index in [1.54, 1.807) is 0 Å². The number of imidazole rings is 1. The number of aromatic nitrogens is 2. The molecule has 0 saturated heterocycles. The monoisotopic (exact) mass is 477 g/mol. The van der Waals surface area contributed by atoms with Gasteiger partial charge in [0.1, 0.15) is 5.75 Å². The summed E-state index contributed by atoms with van der Waals surface area (Å²) in [6.07, 6.45) is 4.90. The minimum absolute atomic E-state index is 0.00462. The van der Waals surface area contributed by atoms with Crippen LogP contribution in [0.2, 0.25) is 0 Å². The molecule has 0 radical (unpaired) electrons. The quantitative estimate of drug-likeness (QED) is 0.539. The van der Waals surface area contributed by atoms with Crippen LogP contribution in [-0.2, 0) is 23.9 Å². The van der Waals surface area contributed by atoms with Gasteiger partial charge in [-0.15, -0.1) is 0 Å². The Kier molecular flexibility index (Phi) is 7.44. The number of ketones is 1. The van der Waals surface area contributed by atoms with E-state index < -0.39 is 0 Å². The molecule has 0 amide bonds. The van der Waals surface area contributed by atoms with Gasteiger partial charge >= 0.3 is 0 Å². The summed E-state index contributed by atoms with van der Waals surface area (Å²) in [5, 5.41) is 10.9. The smallest absolute Gasteiger partial charge is 0.217 e. The first-order valence-electron chi connectivity index (χ1n) is 10.6. The molecule has 0 aliphatic rings. The van der Waals surface area contributed by atoms with E-state index in [0.717, 1.165) is 29.7 Å². The Morgan fingerprint density at radius 1 is 1.03 bits per heavy atom. The lowest BCUT2D eigenvalue weighted by molar-refractivity contribution is 0.0970. The van der Waals surface area contributed by atoms with E-state index in [0.29, 0.717) is 11.5 Å². The number of hydrogen-bond acceptors (Lipinski definition) is 3. The number of hydrogen-bond donors (Lipinski definition) is 1. The van der Waals surface area contributed by atoms with Crippen molar-refractivity contribution in [2.75, 3.05) is 0 Å². The third-order valence-corrected chi connectivity index (χ3v) is 5.64. The SMILES string of the molecule is CC(C)CCn1ccn(CC(=O)c2cc(C(C)(C)C)c(O)c(C(C)(C)C)c2)c1=NBr. The normalized spacial score (nSPS) is 13.3. The molecule has 2 aromatic rings. The Morgan fingerprint density at radius 2 is 1.53 bits per heavy atom. The van der Waals surface area contributed by atoms with Gasteiger partial charge in [0.15, 0.2) is 5.78 Å². The van der Waals surface area contributed by atoms with Crippen molar-refractivity contribution in [3.63, 3.8) is 0 Å². The number of aryl methyl sites for hydroxylation is 1. The highest BCUT2D eigenvalue weighted by Crippen LogP contribution is 2.39. The molecule has 1 heterocycles. The molecule has 5 nitrogen and oxygen atoms in total. The third-order valence-electron chi connectivity index (χ3n) is 5.33. The summed E-state index contributed by atoms with van der Waals surface area (Å²) < 4.78 is 8.14. The number of carbonyl (C=O) groups is 1. The number of Topliss-reactive ketones (excluding diaryl/α,β-unsaturated/α-hetero) is 1. The lowest BCUT2D eigenvalue weighted by Gasteiger charge is -2.28. The lowest BCUT2D eigenvalue weighted by atomic mass is 9.78. The van der Waals surface area contributed by atoms with Gasteiger partial charge in [0.25, 0.3) is 0 Å². The molecule has 0 bridgehead atoms. The minimum atomic E-state index is -0.274. The average molecular weight is 478 g/mol. The van der Waals surface area contributed by atoms with Gasteiger partial charge in [-0.3, -0.25) is 4.79 Å². The molecule has 166 valence electrons. The Balaban J connectivity index is 2.45. The van der Waals surface area contributed by atoms with Gasteiger partial charge in [0.2, 0.25) is 5.62 Å². The van der Waals surface area contributed by atoms with E-state index >= 15 is 0 Å². The van der Waals surface area contributed by atoms with Crippen molar-refractivity contribution in [3.05, 3.63) is 46.8 Å². The standard InChI is InChI=1S/C24H36BrN3O2/c1-16(2)9-10-27-11-12-28(22(27)26-25)15-20(29)17-13-18(23(3,4)5)21(30)19(14-17)24(6,7)8/h11-14,16,30H,9-10,15H2,1-8H3. The number of phenols is 1. The zero-order valence-electron chi connectivity index (χ0n) is 19.6. The van der Waals surface area contributed by atoms with Crippen molar-refractivity contribution >= 4 is 21.9 Å². The molecular weight excluding hydrogens is 442 g/mol. The van der Waals surface area contributed by atoms with E-state index in [1.165, 1.54) is 0 Å². The Hall–Kier alpha value is -1.82. The van der Waals surface area contributed by atoms with E-state index in [-0.39, 0.29) is 28.9 Å². The summed E-state index contributed by atoms with van der Waals surface area (Å²) >= 11 is 3.22. The second-order valence-corrected chi connectivity index (χ2v) is 10.9. The van der Waals surface area contributed by atoms with Gasteiger partial charge in [0.05, 0.1) is 22.7 Å². The molecule has 0 spiro atoms. The summed E-state index contributed by atoms with van der Waals surface area (Å²) in [5.41, 5.74) is 2.38. The molecule has 0 saturated carbocycles. The van der Waals surface area contributed by atoms with Crippen molar-refractivity contribution in [1.82, 2.24) is 9.13 Å². The number of rotatable bonds is 6. The number of carbonyl (C=O) groups excluding carboxylic acids is 1. The Bertz CT molecular complexity index is 935. The van der Waals surface area contributed by atoms with E-state index in [2.05, 4.69) is 38.6 Å². The molecule has 0 aliphatic heterocycles. The molecule has 0 atom stereocenters. The number of aromatic hydroxyl groups is 1. The molecule has 1 N–H and O–H groups in total. The van der Waals surface area contributed by atoms with Gasteiger partial charge in [-0.2, -0.15) is 4.02 Å². The van der Waals surface area contributed by atoms with Crippen molar-refractivity contribution in [3.8, 4) is 5.75 Å². The molecule has 2 rings (SSSR count). The van der Waals surface area contributed by atoms with Crippen LogP contribution >= 0.6 is 16.1 Å². The summed E-state index contributed by atoms with van der Waals surface area (Å²) in [5.74, 6) is 0.875. The largest absolute Gasteiger partial charge is 0.507 e. The maximum absolute atomic E-state index is 13.3. The van der Waals surface area contributed by atoms with Crippen molar-refractivity contribution in [1.29, 1.82) is 0 Å².